The van der Waals surface area contributed by atoms with Gasteiger partial charge in [0.1, 0.15) is 0 Å². The SMILES string of the molecule is CC(c1ccc2ccccc2c1)N(Cc1cc(=O)n2ccsc2n1)C1CC1. The molecule has 2 aromatic carbocycles. The van der Waals surface area contributed by atoms with Crippen molar-refractivity contribution in [2.24, 2.45) is 0 Å². The van der Waals surface area contributed by atoms with Crippen molar-refractivity contribution in [2.75, 3.05) is 0 Å². The van der Waals surface area contributed by atoms with Gasteiger partial charge in [-0.2, -0.15) is 0 Å². The summed E-state index contributed by atoms with van der Waals surface area (Å²) in [5.41, 5.74) is 2.18. The van der Waals surface area contributed by atoms with Gasteiger partial charge >= 0.3 is 0 Å². The lowest BCUT2D eigenvalue weighted by Crippen LogP contribution is -2.30. The molecule has 1 aliphatic carbocycles. The number of fused-ring (bicyclic) bond motifs is 2. The highest BCUT2D eigenvalue weighted by molar-refractivity contribution is 7.15. The van der Waals surface area contributed by atoms with Gasteiger partial charge in [0.05, 0.1) is 5.69 Å². The van der Waals surface area contributed by atoms with E-state index in [0.717, 1.165) is 10.7 Å². The van der Waals surface area contributed by atoms with Crippen molar-refractivity contribution >= 4 is 27.1 Å². The third kappa shape index (κ3) is 3.17. The summed E-state index contributed by atoms with van der Waals surface area (Å²) in [5.74, 6) is 0. The zero-order chi connectivity index (χ0) is 18.4. The topological polar surface area (TPSA) is 37.6 Å². The van der Waals surface area contributed by atoms with Crippen LogP contribution in [0.1, 0.15) is 37.1 Å². The zero-order valence-electron chi connectivity index (χ0n) is 15.2. The molecule has 0 N–H and O–H groups in total. The van der Waals surface area contributed by atoms with Crippen LogP contribution >= 0.6 is 11.3 Å². The Bertz CT molecular complexity index is 1170. The maximum Gasteiger partial charge on any atom is 0.258 e. The van der Waals surface area contributed by atoms with E-state index in [9.17, 15) is 4.79 Å². The summed E-state index contributed by atoms with van der Waals surface area (Å²) in [6, 6.07) is 17.7. The van der Waals surface area contributed by atoms with E-state index in [0.29, 0.717) is 12.6 Å². The van der Waals surface area contributed by atoms with Gasteiger partial charge in [0.25, 0.3) is 5.56 Å². The number of aromatic nitrogens is 2. The summed E-state index contributed by atoms with van der Waals surface area (Å²) in [4.78, 5) is 20.3. The Morgan fingerprint density at radius 1 is 1.19 bits per heavy atom. The van der Waals surface area contributed by atoms with Gasteiger partial charge in [-0.15, -0.1) is 11.3 Å². The first kappa shape index (κ1) is 16.7. The Morgan fingerprint density at radius 3 is 2.81 bits per heavy atom. The van der Waals surface area contributed by atoms with Crippen molar-refractivity contribution in [3.8, 4) is 0 Å². The molecule has 0 spiro atoms. The minimum atomic E-state index is 0.00496. The molecule has 1 atom stereocenters. The minimum absolute atomic E-state index is 0.00496. The lowest BCUT2D eigenvalue weighted by Gasteiger charge is -2.29. The largest absolute Gasteiger partial charge is 0.288 e. The molecule has 1 unspecified atom stereocenters. The van der Waals surface area contributed by atoms with Crippen LogP contribution in [0.4, 0.5) is 0 Å². The zero-order valence-corrected chi connectivity index (χ0v) is 16.0. The molecule has 5 heteroatoms. The molecular formula is C22H21N3OS. The van der Waals surface area contributed by atoms with Crippen LogP contribution in [-0.2, 0) is 6.54 Å². The van der Waals surface area contributed by atoms with Crippen molar-refractivity contribution < 1.29 is 0 Å². The van der Waals surface area contributed by atoms with Crippen LogP contribution in [0.2, 0.25) is 0 Å². The molecule has 0 aliphatic heterocycles. The van der Waals surface area contributed by atoms with Gasteiger partial charge in [-0.05, 0) is 42.2 Å². The number of benzene rings is 2. The molecule has 5 rings (SSSR count). The van der Waals surface area contributed by atoms with E-state index in [1.807, 2.05) is 5.38 Å². The molecule has 4 aromatic rings. The molecular weight excluding hydrogens is 354 g/mol. The van der Waals surface area contributed by atoms with Crippen LogP contribution in [0, 0.1) is 0 Å². The predicted molar refractivity (Wildman–Crippen MR) is 110 cm³/mol. The van der Waals surface area contributed by atoms with Crippen molar-refractivity contribution in [2.45, 2.75) is 38.4 Å². The normalized spacial score (nSPS) is 15.6. The first-order valence-electron chi connectivity index (χ1n) is 9.39. The molecule has 2 heterocycles. The summed E-state index contributed by atoms with van der Waals surface area (Å²) in [6.45, 7) is 2.97. The smallest absolute Gasteiger partial charge is 0.258 e. The first-order valence-corrected chi connectivity index (χ1v) is 10.3. The van der Waals surface area contributed by atoms with E-state index in [4.69, 9.17) is 4.98 Å². The number of nitrogens with zero attached hydrogens (tertiary/aromatic N) is 3. The summed E-state index contributed by atoms with van der Waals surface area (Å²) in [6.07, 6.45) is 4.23. The van der Waals surface area contributed by atoms with Crippen LogP contribution in [0.25, 0.3) is 15.7 Å². The van der Waals surface area contributed by atoms with Crippen molar-refractivity contribution in [3.05, 3.63) is 81.7 Å². The fourth-order valence-corrected chi connectivity index (χ4v) is 4.54. The van der Waals surface area contributed by atoms with E-state index in [2.05, 4.69) is 54.3 Å². The van der Waals surface area contributed by atoms with Crippen LogP contribution in [0.3, 0.4) is 0 Å². The summed E-state index contributed by atoms with van der Waals surface area (Å²) >= 11 is 1.51. The third-order valence-electron chi connectivity index (χ3n) is 5.47. The number of rotatable bonds is 5. The van der Waals surface area contributed by atoms with Gasteiger partial charge in [0.15, 0.2) is 4.96 Å². The van der Waals surface area contributed by atoms with Crippen LogP contribution in [0.15, 0.2) is 64.9 Å². The fourth-order valence-electron chi connectivity index (χ4n) is 3.80. The van der Waals surface area contributed by atoms with Gasteiger partial charge in [0.2, 0.25) is 0 Å². The Labute approximate surface area is 161 Å². The van der Waals surface area contributed by atoms with Crippen molar-refractivity contribution in [1.82, 2.24) is 14.3 Å². The van der Waals surface area contributed by atoms with Crippen LogP contribution in [0.5, 0.6) is 0 Å². The molecule has 2 aromatic heterocycles. The van der Waals surface area contributed by atoms with Crippen LogP contribution in [-0.4, -0.2) is 20.3 Å². The first-order chi connectivity index (χ1) is 13.2. The van der Waals surface area contributed by atoms with E-state index < -0.39 is 0 Å². The molecule has 1 saturated carbocycles. The lowest BCUT2D eigenvalue weighted by atomic mass is 10.0. The maximum absolute atomic E-state index is 12.3. The van der Waals surface area contributed by atoms with Gasteiger partial charge in [0, 0.05) is 36.3 Å². The van der Waals surface area contributed by atoms with E-state index in [1.165, 1.54) is 40.5 Å². The molecule has 1 fully saturated rings. The summed E-state index contributed by atoms with van der Waals surface area (Å²) in [5, 5.41) is 4.45. The minimum Gasteiger partial charge on any atom is -0.288 e. The second-order valence-corrected chi connectivity index (χ2v) is 8.20. The summed E-state index contributed by atoms with van der Waals surface area (Å²) < 4.78 is 1.61. The maximum atomic E-state index is 12.3. The van der Waals surface area contributed by atoms with Crippen LogP contribution < -0.4 is 5.56 Å². The van der Waals surface area contributed by atoms with Crippen molar-refractivity contribution in [3.63, 3.8) is 0 Å². The van der Waals surface area contributed by atoms with Gasteiger partial charge in [-0.3, -0.25) is 14.1 Å². The van der Waals surface area contributed by atoms with E-state index in [-0.39, 0.29) is 11.6 Å². The summed E-state index contributed by atoms with van der Waals surface area (Å²) in [7, 11) is 0. The molecule has 136 valence electrons. The predicted octanol–water partition coefficient (Wildman–Crippen LogP) is 4.63. The van der Waals surface area contributed by atoms with Crippen molar-refractivity contribution in [1.29, 1.82) is 0 Å². The number of hydrogen-bond acceptors (Lipinski definition) is 4. The van der Waals surface area contributed by atoms with Gasteiger partial charge in [-0.1, -0.05) is 36.4 Å². The molecule has 0 amide bonds. The fraction of sp³-hybridized carbons (Fsp3) is 0.273. The second kappa shape index (κ2) is 6.59. The second-order valence-electron chi connectivity index (χ2n) is 7.33. The standard InChI is InChI=1S/C22H21N3OS/c1-15(17-7-6-16-4-2-3-5-18(16)12-17)25(20-8-9-20)14-19-13-21(26)24-10-11-27-22(24)23-19/h2-7,10-13,15,20H,8-9,14H2,1H3. The number of hydrogen-bond donors (Lipinski definition) is 0. The molecule has 4 nitrogen and oxygen atoms in total. The Kier molecular flexibility index (Phi) is 4.06. The Hall–Kier alpha value is -2.50. The average molecular weight is 375 g/mol. The molecule has 27 heavy (non-hydrogen) atoms. The highest BCUT2D eigenvalue weighted by Crippen LogP contribution is 2.36. The Morgan fingerprint density at radius 2 is 2.00 bits per heavy atom. The molecule has 0 radical (unpaired) electrons. The molecule has 0 bridgehead atoms. The highest BCUT2D eigenvalue weighted by atomic mass is 32.1. The lowest BCUT2D eigenvalue weighted by molar-refractivity contribution is 0.188. The quantitative estimate of drug-likeness (QED) is 0.510. The molecule has 0 saturated heterocycles. The van der Waals surface area contributed by atoms with E-state index in [1.54, 1.807) is 16.7 Å². The highest BCUT2D eigenvalue weighted by Gasteiger charge is 2.33. The van der Waals surface area contributed by atoms with Gasteiger partial charge in [-0.25, -0.2) is 4.98 Å². The van der Waals surface area contributed by atoms with Gasteiger partial charge < -0.3 is 0 Å². The Balaban J connectivity index is 1.48. The molecule has 1 aliphatic rings. The van der Waals surface area contributed by atoms with E-state index >= 15 is 0 Å². The number of thiazole rings is 1. The average Bonchev–Trinajstić information content (AvgIpc) is 3.42. The monoisotopic (exact) mass is 375 g/mol. The third-order valence-corrected chi connectivity index (χ3v) is 6.23.